The minimum atomic E-state index is -1.81. The molecule has 0 atom stereocenters. The molecular weight excluding hydrogens is 472 g/mol. The van der Waals surface area contributed by atoms with Crippen LogP contribution in [0.4, 0.5) is 9.59 Å². The topological polar surface area (TPSA) is 102 Å². The smallest absolute Gasteiger partial charge is 0.449 e. The van der Waals surface area contributed by atoms with Gasteiger partial charge in [0.05, 0.1) is 13.2 Å². The van der Waals surface area contributed by atoms with E-state index in [1.165, 1.54) is 141 Å². The fraction of sp³-hybridized carbons (Fsp3) is 0.933. The molecule has 7 nitrogen and oxygen atoms in total. The standard InChI is InChI=1S/C28H58O2.C2H2O5/c1-3-5-7-9-11-13-15-17-19-21-23-25-27-29-30-28-26-24-22-20-18-16-14-12-10-8-6-4-2;3-1(4)7-2(5)6/h3-28H2,1-2H3;(H,3,4)(H,5,6). The molecule has 7 heteroatoms. The van der Waals surface area contributed by atoms with Crippen molar-refractivity contribution in [3.8, 4) is 0 Å². The summed E-state index contributed by atoms with van der Waals surface area (Å²) >= 11 is 0. The second-order valence-electron chi connectivity index (χ2n) is 10.1. The highest BCUT2D eigenvalue weighted by Crippen LogP contribution is 2.13. The van der Waals surface area contributed by atoms with E-state index < -0.39 is 12.3 Å². The van der Waals surface area contributed by atoms with Gasteiger partial charge in [0.25, 0.3) is 0 Å². The highest BCUT2D eigenvalue weighted by Gasteiger charge is 2.01. The third kappa shape index (κ3) is 42.0. The van der Waals surface area contributed by atoms with Gasteiger partial charge in [-0.2, -0.15) is 0 Å². The summed E-state index contributed by atoms with van der Waals surface area (Å²) in [5.74, 6) is 0. The van der Waals surface area contributed by atoms with E-state index in [1.807, 2.05) is 0 Å². The van der Waals surface area contributed by atoms with E-state index in [1.54, 1.807) is 0 Å². The molecule has 0 heterocycles. The van der Waals surface area contributed by atoms with E-state index >= 15 is 0 Å². The quantitative estimate of drug-likeness (QED) is 0.0356. The minimum absolute atomic E-state index is 0.773. The molecule has 0 unspecified atom stereocenters. The molecule has 0 rings (SSSR count). The maximum absolute atomic E-state index is 9.21. The number of carbonyl (C=O) groups is 2. The van der Waals surface area contributed by atoms with Crippen LogP contribution in [0.2, 0.25) is 0 Å². The predicted octanol–water partition coefficient (Wildman–Crippen LogP) is 10.7. The summed E-state index contributed by atoms with van der Waals surface area (Å²) in [6.45, 7) is 6.12. The predicted molar refractivity (Wildman–Crippen MR) is 151 cm³/mol. The van der Waals surface area contributed by atoms with Crippen molar-refractivity contribution in [3.05, 3.63) is 0 Å². The van der Waals surface area contributed by atoms with E-state index in [4.69, 9.17) is 20.0 Å². The van der Waals surface area contributed by atoms with Crippen molar-refractivity contribution in [2.75, 3.05) is 13.2 Å². The van der Waals surface area contributed by atoms with Crippen molar-refractivity contribution in [2.45, 2.75) is 168 Å². The van der Waals surface area contributed by atoms with Crippen LogP contribution < -0.4 is 0 Å². The Morgan fingerprint density at radius 3 is 0.811 bits per heavy atom. The lowest BCUT2D eigenvalue weighted by atomic mass is 10.1. The fourth-order valence-corrected chi connectivity index (χ4v) is 4.20. The van der Waals surface area contributed by atoms with Crippen LogP contribution in [0.1, 0.15) is 168 Å². The molecule has 0 aliphatic heterocycles. The van der Waals surface area contributed by atoms with Gasteiger partial charge in [-0.15, -0.1) is 0 Å². The summed E-state index contributed by atoms with van der Waals surface area (Å²) in [4.78, 5) is 29.1. The fourth-order valence-electron chi connectivity index (χ4n) is 4.20. The van der Waals surface area contributed by atoms with E-state index in [0.717, 1.165) is 26.1 Å². The highest BCUT2D eigenvalue weighted by atomic mass is 17.2. The van der Waals surface area contributed by atoms with Crippen molar-refractivity contribution in [1.82, 2.24) is 0 Å². The normalized spacial score (nSPS) is 10.6. The van der Waals surface area contributed by atoms with Gasteiger partial charge in [0.1, 0.15) is 0 Å². The molecule has 2 N–H and O–H groups in total. The number of carboxylic acid groups (broad SMARTS) is 2. The molecule has 0 spiro atoms. The van der Waals surface area contributed by atoms with Crippen molar-refractivity contribution in [2.24, 2.45) is 0 Å². The Hall–Kier alpha value is -1.34. The lowest BCUT2D eigenvalue weighted by Gasteiger charge is -2.05. The zero-order chi connectivity index (χ0) is 27.7. The van der Waals surface area contributed by atoms with Gasteiger partial charge >= 0.3 is 12.3 Å². The molecular formula is C30H60O7. The average Bonchev–Trinajstić information content (AvgIpc) is 2.86. The molecule has 0 saturated heterocycles. The Morgan fingerprint density at radius 1 is 0.405 bits per heavy atom. The van der Waals surface area contributed by atoms with Gasteiger partial charge in [0.2, 0.25) is 0 Å². The van der Waals surface area contributed by atoms with E-state index in [2.05, 4.69) is 18.6 Å². The van der Waals surface area contributed by atoms with E-state index in [9.17, 15) is 9.59 Å². The Morgan fingerprint density at radius 2 is 0.622 bits per heavy atom. The van der Waals surface area contributed by atoms with Crippen LogP contribution in [0, 0.1) is 0 Å². The van der Waals surface area contributed by atoms with Crippen molar-refractivity contribution in [3.63, 3.8) is 0 Å². The van der Waals surface area contributed by atoms with Crippen molar-refractivity contribution >= 4 is 12.3 Å². The largest absolute Gasteiger partial charge is 0.516 e. The van der Waals surface area contributed by atoms with Crippen LogP contribution in [0.3, 0.4) is 0 Å². The lowest BCUT2D eigenvalue weighted by Crippen LogP contribution is -2.05. The molecule has 0 bridgehead atoms. The van der Waals surface area contributed by atoms with Gasteiger partial charge in [-0.25, -0.2) is 19.4 Å². The first-order chi connectivity index (χ1) is 18.0. The maximum atomic E-state index is 9.21. The molecule has 0 aromatic heterocycles. The first-order valence-corrected chi connectivity index (χ1v) is 15.4. The number of ether oxygens (including phenoxy) is 1. The SMILES string of the molecule is CCCCCCCCCCCCCCOOCCCCCCCCCCCCCC.O=C(O)OC(=O)O. The van der Waals surface area contributed by atoms with Crippen LogP contribution in [-0.4, -0.2) is 35.7 Å². The van der Waals surface area contributed by atoms with Gasteiger partial charge in [0, 0.05) is 0 Å². The molecule has 0 aromatic rings. The van der Waals surface area contributed by atoms with Gasteiger partial charge < -0.3 is 14.9 Å². The molecule has 222 valence electrons. The van der Waals surface area contributed by atoms with Crippen LogP contribution in [0.5, 0.6) is 0 Å². The van der Waals surface area contributed by atoms with Crippen LogP contribution in [0.15, 0.2) is 0 Å². The second-order valence-corrected chi connectivity index (χ2v) is 10.1. The summed E-state index contributed by atoms with van der Waals surface area (Å²) in [5, 5.41) is 15.0. The maximum Gasteiger partial charge on any atom is 0.516 e. The van der Waals surface area contributed by atoms with Gasteiger partial charge in [-0.1, -0.05) is 155 Å². The third-order valence-corrected chi connectivity index (χ3v) is 6.42. The zero-order valence-electron chi connectivity index (χ0n) is 24.3. The summed E-state index contributed by atoms with van der Waals surface area (Å²) in [6, 6.07) is 0. The molecule has 0 aliphatic rings. The molecule has 0 amide bonds. The van der Waals surface area contributed by atoms with Gasteiger partial charge in [-0.3, -0.25) is 0 Å². The van der Waals surface area contributed by atoms with Gasteiger partial charge in [0.15, 0.2) is 0 Å². The van der Waals surface area contributed by atoms with E-state index in [0.29, 0.717) is 0 Å². The Labute approximate surface area is 228 Å². The Bertz CT molecular complexity index is 417. The lowest BCUT2D eigenvalue weighted by molar-refractivity contribution is -0.295. The number of rotatable bonds is 27. The monoisotopic (exact) mass is 532 g/mol. The van der Waals surface area contributed by atoms with E-state index in [-0.39, 0.29) is 0 Å². The first kappa shape index (κ1) is 37.8. The summed E-state index contributed by atoms with van der Waals surface area (Å²) in [5.41, 5.74) is 0. The molecule has 0 radical (unpaired) electrons. The average molecular weight is 533 g/mol. The van der Waals surface area contributed by atoms with Crippen LogP contribution in [-0.2, 0) is 14.5 Å². The van der Waals surface area contributed by atoms with Crippen LogP contribution >= 0.6 is 0 Å². The highest BCUT2D eigenvalue weighted by molar-refractivity contribution is 5.74. The number of hydrogen-bond acceptors (Lipinski definition) is 5. The summed E-state index contributed by atoms with van der Waals surface area (Å²) in [7, 11) is 0. The zero-order valence-corrected chi connectivity index (χ0v) is 24.3. The number of unbranched alkanes of at least 4 members (excludes halogenated alkanes) is 22. The molecule has 0 aliphatic carbocycles. The van der Waals surface area contributed by atoms with Crippen LogP contribution in [0.25, 0.3) is 0 Å². The second kappa shape index (κ2) is 34.7. The summed E-state index contributed by atoms with van der Waals surface area (Å²) < 4.78 is 3.08. The minimum Gasteiger partial charge on any atom is -0.449 e. The Balaban J connectivity index is 0. The third-order valence-electron chi connectivity index (χ3n) is 6.42. The number of hydrogen-bond donors (Lipinski definition) is 2. The molecule has 0 fully saturated rings. The van der Waals surface area contributed by atoms with Crippen molar-refractivity contribution in [1.29, 1.82) is 0 Å². The molecule has 37 heavy (non-hydrogen) atoms. The first-order valence-electron chi connectivity index (χ1n) is 15.4. The Kier molecular flexibility index (Phi) is 35.4. The molecule has 0 aromatic carbocycles. The molecule has 0 saturated carbocycles. The van der Waals surface area contributed by atoms with Crippen molar-refractivity contribution < 1.29 is 34.3 Å². The summed E-state index contributed by atoms with van der Waals surface area (Å²) in [6.07, 6.45) is 29.6. The van der Waals surface area contributed by atoms with Gasteiger partial charge in [-0.05, 0) is 12.8 Å².